The van der Waals surface area contributed by atoms with Crippen LogP contribution in [0.3, 0.4) is 0 Å². The molecule has 0 spiro atoms. The summed E-state index contributed by atoms with van der Waals surface area (Å²) in [6.45, 7) is 5.09. The molecule has 1 aromatic heterocycles. The van der Waals surface area contributed by atoms with Crippen LogP contribution in [0.1, 0.15) is 43.5 Å². The van der Waals surface area contributed by atoms with Crippen molar-refractivity contribution in [2.45, 2.75) is 50.7 Å². The molecule has 0 bridgehead atoms. The quantitative estimate of drug-likeness (QED) is 0.788. The topological polar surface area (TPSA) is 59.8 Å². The molecule has 1 fully saturated rings. The lowest BCUT2D eigenvalue weighted by atomic mass is 10.2. The van der Waals surface area contributed by atoms with Crippen LogP contribution in [0, 0.1) is 6.92 Å². The highest BCUT2D eigenvalue weighted by Gasteiger charge is 2.30. The molecule has 0 saturated heterocycles. The summed E-state index contributed by atoms with van der Waals surface area (Å²) in [5.41, 5.74) is 2.01. The molecule has 122 valence electrons. The minimum Gasteiger partial charge on any atom is -0.325 e. The SMILES string of the molecule is CCCn1c(SCC(=O)Nc2ccc(C)cc2)nnc1C1CC1. The molecule has 1 heterocycles. The van der Waals surface area contributed by atoms with Crippen LogP contribution in [0.4, 0.5) is 5.69 Å². The second kappa shape index (κ2) is 7.17. The van der Waals surface area contributed by atoms with Crippen molar-refractivity contribution >= 4 is 23.4 Å². The van der Waals surface area contributed by atoms with Crippen LogP contribution in [-0.2, 0) is 11.3 Å². The van der Waals surface area contributed by atoms with Crippen LogP contribution in [-0.4, -0.2) is 26.4 Å². The smallest absolute Gasteiger partial charge is 0.234 e. The Balaban J connectivity index is 1.59. The van der Waals surface area contributed by atoms with E-state index in [4.69, 9.17) is 0 Å². The molecule has 1 aliphatic carbocycles. The minimum atomic E-state index is -0.0159. The van der Waals surface area contributed by atoms with E-state index in [2.05, 4.69) is 27.0 Å². The van der Waals surface area contributed by atoms with E-state index in [9.17, 15) is 4.79 Å². The van der Waals surface area contributed by atoms with Gasteiger partial charge < -0.3 is 9.88 Å². The lowest BCUT2D eigenvalue weighted by Crippen LogP contribution is -2.14. The second-order valence-electron chi connectivity index (χ2n) is 5.97. The van der Waals surface area contributed by atoms with Crippen molar-refractivity contribution in [3.05, 3.63) is 35.7 Å². The first-order valence-corrected chi connectivity index (χ1v) is 9.08. The fourth-order valence-electron chi connectivity index (χ4n) is 2.45. The zero-order chi connectivity index (χ0) is 16.2. The third kappa shape index (κ3) is 4.13. The molecule has 1 saturated carbocycles. The highest BCUT2D eigenvalue weighted by Crippen LogP contribution is 2.40. The molecule has 0 atom stereocenters. The molecule has 1 amide bonds. The Hall–Kier alpha value is -1.82. The van der Waals surface area contributed by atoms with Crippen molar-refractivity contribution in [2.24, 2.45) is 0 Å². The summed E-state index contributed by atoms with van der Waals surface area (Å²) in [4.78, 5) is 12.1. The molecular weight excluding hydrogens is 308 g/mol. The number of aromatic nitrogens is 3. The van der Waals surface area contributed by atoms with Gasteiger partial charge in [0.25, 0.3) is 0 Å². The molecule has 1 aromatic carbocycles. The number of anilines is 1. The van der Waals surface area contributed by atoms with Gasteiger partial charge in [-0.2, -0.15) is 0 Å². The van der Waals surface area contributed by atoms with Gasteiger partial charge in [-0.3, -0.25) is 4.79 Å². The number of amides is 1. The van der Waals surface area contributed by atoms with Gasteiger partial charge in [-0.05, 0) is 38.3 Å². The number of nitrogens with one attached hydrogen (secondary N) is 1. The highest BCUT2D eigenvalue weighted by atomic mass is 32.2. The highest BCUT2D eigenvalue weighted by molar-refractivity contribution is 7.99. The van der Waals surface area contributed by atoms with Gasteiger partial charge in [-0.15, -0.1) is 10.2 Å². The average Bonchev–Trinajstić information content (AvgIpc) is 3.30. The Morgan fingerprint density at radius 3 is 2.70 bits per heavy atom. The van der Waals surface area contributed by atoms with Gasteiger partial charge in [-0.1, -0.05) is 36.4 Å². The van der Waals surface area contributed by atoms with Gasteiger partial charge in [0.2, 0.25) is 5.91 Å². The van der Waals surface area contributed by atoms with E-state index in [1.54, 1.807) is 0 Å². The summed E-state index contributed by atoms with van der Waals surface area (Å²) < 4.78 is 2.18. The molecule has 2 aromatic rings. The van der Waals surface area contributed by atoms with E-state index >= 15 is 0 Å². The van der Waals surface area contributed by atoms with E-state index in [1.165, 1.54) is 30.2 Å². The van der Waals surface area contributed by atoms with E-state index in [0.717, 1.165) is 29.6 Å². The van der Waals surface area contributed by atoms with Gasteiger partial charge in [-0.25, -0.2) is 0 Å². The largest absolute Gasteiger partial charge is 0.325 e. The molecule has 0 aliphatic heterocycles. The molecule has 23 heavy (non-hydrogen) atoms. The summed E-state index contributed by atoms with van der Waals surface area (Å²) >= 11 is 1.46. The van der Waals surface area contributed by atoms with Crippen molar-refractivity contribution in [1.29, 1.82) is 0 Å². The number of rotatable bonds is 7. The van der Waals surface area contributed by atoms with Gasteiger partial charge in [0.05, 0.1) is 5.75 Å². The predicted molar refractivity (Wildman–Crippen MR) is 92.8 cm³/mol. The van der Waals surface area contributed by atoms with Crippen molar-refractivity contribution in [2.75, 3.05) is 11.1 Å². The minimum absolute atomic E-state index is 0.0159. The maximum absolute atomic E-state index is 12.1. The number of carbonyl (C=O) groups excluding carboxylic acids is 1. The predicted octanol–water partition coefficient (Wildman–Crippen LogP) is 3.60. The number of hydrogen-bond acceptors (Lipinski definition) is 4. The fourth-order valence-corrected chi connectivity index (χ4v) is 3.22. The van der Waals surface area contributed by atoms with Gasteiger partial charge in [0.1, 0.15) is 5.82 Å². The van der Waals surface area contributed by atoms with Crippen LogP contribution in [0.5, 0.6) is 0 Å². The van der Waals surface area contributed by atoms with E-state index in [-0.39, 0.29) is 5.91 Å². The second-order valence-corrected chi connectivity index (χ2v) is 6.91. The fraction of sp³-hybridized carbons (Fsp3) is 0.471. The van der Waals surface area contributed by atoms with Crippen molar-refractivity contribution in [3.8, 4) is 0 Å². The number of aryl methyl sites for hydroxylation is 1. The van der Waals surface area contributed by atoms with Gasteiger partial charge in [0, 0.05) is 18.2 Å². The maximum atomic E-state index is 12.1. The van der Waals surface area contributed by atoms with E-state index in [0.29, 0.717) is 11.7 Å². The normalized spacial score (nSPS) is 14.0. The van der Waals surface area contributed by atoms with E-state index in [1.807, 2.05) is 31.2 Å². The third-order valence-electron chi connectivity index (χ3n) is 3.80. The van der Waals surface area contributed by atoms with Crippen LogP contribution >= 0.6 is 11.8 Å². The molecule has 5 nitrogen and oxygen atoms in total. The Morgan fingerprint density at radius 1 is 1.30 bits per heavy atom. The Labute approximate surface area is 140 Å². The van der Waals surface area contributed by atoms with Crippen molar-refractivity contribution < 1.29 is 4.79 Å². The number of benzene rings is 1. The number of hydrogen-bond donors (Lipinski definition) is 1. The molecule has 0 radical (unpaired) electrons. The first-order valence-electron chi connectivity index (χ1n) is 8.09. The van der Waals surface area contributed by atoms with Crippen LogP contribution in [0.2, 0.25) is 0 Å². The summed E-state index contributed by atoms with van der Waals surface area (Å²) in [6, 6.07) is 7.82. The lowest BCUT2D eigenvalue weighted by Gasteiger charge is -2.08. The molecule has 1 N–H and O–H groups in total. The van der Waals surface area contributed by atoms with Crippen LogP contribution < -0.4 is 5.32 Å². The molecular formula is C17H22N4OS. The lowest BCUT2D eigenvalue weighted by molar-refractivity contribution is -0.113. The first-order chi connectivity index (χ1) is 11.2. The Morgan fingerprint density at radius 2 is 2.04 bits per heavy atom. The van der Waals surface area contributed by atoms with Gasteiger partial charge >= 0.3 is 0 Å². The van der Waals surface area contributed by atoms with Gasteiger partial charge in [0.15, 0.2) is 5.16 Å². The van der Waals surface area contributed by atoms with Crippen molar-refractivity contribution in [3.63, 3.8) is 0 Å². The first kappa shape index (κ1) is 16.1. The average molecular weight is 330 g/mol. The van der Waals surface area contributed by atoms with Crippen LogP contribution in [0.15, 0.2) is 29.4 Å². The van der Waals surface area contributed by atoms with E-state index < -0.39 is 0 Å². The molecule has 0 unspecified atom stereocenters. The number of carbonyl (C=O) groups is 1. The monoisotopic (exact) mass is 330 g/mol. The van der Waals surface area contributed by atoms with Crippen LogP contribution in [0.25, 0.3) is 0 Å². The number of nitrogens with zero attached hydrogens (tertiary/aromatic N) is 3. The zero-order valence-corrected chi connectivity index (χ0v) is 14.4. The Bertz CT molecular complexity index is 676. The summed E-state index contributed by atoms with van der Waals surface area (Å²) in [6.07, 6.45) is 3.46. The summed E-state index contributed by atoms with van der Waals surface area (Å²) in [5.74, 6) is 2.00. The summed E-state index contributed by atoms with van der Waals surface area (Å²) in [5, 5.41) is 12.4. The third-order valence-corrected chi connectivity index (χ3v) is 4.77. The van der Waals surface area contributed by atoms with Crippen molar-refractivity contribution in [1.82, 2.24) is 14.8 Å². The standard InChI is InChI=1S/C17H22N4OS/c1-3-10-21-16(13-6-7-13)19-20-17(21)23-11-15(22)18-14-8-4-12(2)5-9-14/h4-5,8-9,13H,3,6-7,10-11H2,1-2H3,(H,18,22). The number of thioether (sulfide) groups is 1. The summed E-state index contributed by atoms with van der Waals surface area (Å²) in [7, 11) is 0. The molecule has 3 rings (SSSR count). The maximum Gasteiger partial charge on any atom is 0.234 e. The Kier molecular flexibility index (Phi) is 5.00. The zero-order valence-electron chi connectivity index (χ0n) is 13.6. The molecule has 6 heteroatoms. The molecule has 1 aliphatic rings.